The van der Waals surface area contributed by atoms with Gasteiger partial charge in [0.05, 0.1) is 35.2 Å². The number of halogens is 5. The molecule has 11 nitrogen and oxygen atoms in total. The van der Waals surface area contributed by atoms with Crippen LogP contribution < -0.4 is 10.6 Å². The van der Waals surface area contributed by atoms with Crippen LogP contribution in [0.25, 0.3) is 5.78 Å². The smallest absolute Gasteiger partial charge is 0.355 e. The van der Waals surface area contributed by atoms with Crippen LogP contribution in [-0.4, -0.2) is 77.8 Å². The molecule has 1 spiro atoms. The normalized spacial score (nSPS) is 25.0. The second kappa shape index (κ2) is 11.8. The monoisotopic (exact) mass is 663 g/mol. The van der Waals surface area contributed by atoms with E-state index in [-0.39, 0.29) is 50.2 Å². The summed E-state index contributed by atoms with van der Waals surface area (Å²) in [5, 5.41) is 14.3. The number of amides is 2. The zero-order chi connectivity index (χ0) is 33.1. The lowest BCUT2D eigenvalue weighted by molar-refractivity contribution is -0.183. The third-order valence-electron chi connectivity index (χ3n) is 10.4. The Kier molecular flexibility index (Phi) is 7.99. The molecule has 3 atom stereocenters. The van der Waals surface area contributed by atoms with Crippen molar-refractivity contribution in [2.24, 2.45) is 23.2 Å². The number of fused-ring (bicyclic) bond motifs is 1. The Morgan fingerprint density at radius 3 is 2.55 bits per heavy atom. The summed E-state index contributed by atoms with van der Waals surface area (Å²) in [6.45, 7) is 4.07. The van der Waals surface area contributed by atoms with Crippen LogP contribution in [0.15, 0.2) is 18.5 Å². The highest BCUT2D eigenvalue weighted by atomic mass is 19.4. The number of aromatic nitrogens is 6. The SMILES string of the molecule is CCn1nccc1C(=O)N[C@H](c1cn2nc(C[C@H]3C[C@@H](C(F)(F)F)CNC3=O)c(CN3CC4(CC4)C3)nc2n1)C1CCC(F)(F)CC1. The number of carbonyl (C=O) groups is 2. The van der Waals surface area contributed by atoms with Crippen molar-refractivity contribution in [3.8, 4) is 0 Å². The Hall–Kier alpha value is -3.69. The van der Waals surface area contributed by atoms with Crippen LogP contribution in [0, 0.1) is 23.2 Å². The number of alkyl halides is 5. The minimum absolute atomic E-state index is 0.0257. The molecule has 5 heterocycles. The highest BCUT2D eigenvalue weighted by molar-refractivity contribution is 5.92. The summed E-state index contributed by atoms with van der Waals surface area (Å²) >= 11 is 0. The molecule has 2 saturated carbocycles. The molecule has 2 N–H and O–H groups in total. The van der Waals surface area contributed by atoms with Crippen molar-refractivity contribution in [1.29, 1.82) is 0 Å². The van der Waals surface area contributed by atoms with Gasteiger partial charge in [0.1, 0.15) is 5.69 Å². The summed E-state index contributed by atoms with van der Waals surface area (Å²) in [4.78, 5) is 37.9. The molecule has 0 unspecified atom stereocenters. The summed E-state index contributed by atoms with van der Waals surface area (Å²) < 4.78 is 72.0. The lowest BCUT2D eigenvalue weighted by atomic mass is 9.81. The van der Waals surface area contributed by atoms with E-state index in [1.807, 2.05) is 6.92 Å². The van der Waals surface area contributed by atoms with E-state index in [2.05, 4.69) is 20.6 Å². The van der Waals surface area contributed by atoms with Crippen molar-refractivity contribution >= 4 is 17.6 Å². The van der Waals surface area contributed by atoms with Gasteiger partial charge in [-0.1, -0.05) is 0 Å². The molecule has 254 valence electrons. The van der Waals surface area contributed by atoms with E-state index < -0.39 is 48.3 Å². The Labute approximate surface area is 267 Å². The van der Waals surface area contributed by atoms with Gasteiger partial charge in [0.2, 0.25) is 11.8 Å². The molecular weight excluding hydrogens is 625 g/mol. The molecule has 0 aromatic carbocycles. The maximum atomic E-state index is 14.2. The van der Waals surface area contributed by atoms with Gasteiger partial charge in [-0.05, 0) is 56.4 Å². The van der Waals surface area contributed by atoms with E-state index in [0.29, 0.717) is 41.3 Å². The summed E-state index contributed by atoms with van der Waals surface area (Å²) in [7, 11) is 0. The molecule has 0 bridgehead atoms. The van der Waals surface area contributed by atoms with Crippen LogP contribution >= 0.6 is 0 Å². The van der Waals surface area contributed by atoms with Gasteiger partial charge in [-0.25, -0.2) is 23.3 Å². The maximum absolute atomic E-state index is 14.2. The second-order valence-corrected chi connectivity index (χ2v) is 13.9. The minimum Gasteiger partial charge on any atom is -0.355 e. The van der Waals surface area contributed by atoms with Crippen LogP contribution in [0.1, 0.15) is 85.5 Å². The van der Waals surface area contributed by atoms with E-state index in [4.69, 9.17) is 15.1 Å². The number of piperidine rings is 1. The van der Waals surface area contributed by atoms with Gasteiger partial charge < -0.3 is 10.6 Å². The highest BCUT2D eigenvalue weighted by Crippen LogP contribution is 2.53. The van der Waals surface area contributed by atoms with Crippen molar-refractivity contribution in [1.82, 2.24) is 44.9 Å². The van der Waals surface area contributed by atoms with Gasteiger partial charge in [0.15, 0.2) is 0 Å². The van der Waals surface area contributed by atoms with Crippen molar-refractivity contribution in [2.45, 2.75) is 89.5 Å². The van der Waals surface area contributed by atoms with Gasteiger partial charge in [0.25, 0.3) is 11.7 Å². The first-order valence-corrected chi connectivity index (χ1v) is 16.3. The molecule has 16 heteroatoms. The maximum Gasteiger partial charge on any atom is 0.393 e. The van der Waals surface area contributed by atoms with Gasteiger partial charge in [-0.15, -0.1) is 0 Å². The van der Waals surface area contributed by atoms with Crippen LogP contribution in [0.3, 0.4) is 0 Å². The van der Waals surface area contributed by atoms with E-state index in [1.165, 1.54) is 23.6 Å². The zero-order valence-electron chi connectivity index (χ0n) is 26.1. The summed E-state index contributed by atoms with van der Waals surface area (Å²) in [5.74, 6) is -6.33. The molecule has 47 heavy (non-hydrogen) atoms. The fourth-order valence-electron chi connectivity index (χ4n) is 7.44. The summed E-state index contributed by atoms with van der Waals surface area (Å²) in [6, 6.07) is 0.860. The Balaban J connectivity index is 1.21. The van der Waals surface area contributed by atoms with E-state index in [0.717, 1.165) is 13.1 Å². The van der Waals surface area contributed by atoms with Gasteiger partial charge in [-0.2, -0.15) is 23.4 Å². The van der Waals surface area contributed by atoms with Gasteiger partial charge in [0, 0.05) is 64.1 Å². The molecule has 2 aliphatic carbocycles. The molecule has 4 fully saturated rings. The number of rotatable bonds is 9. The van der Waals surface area contributed by atoms with E-state index >= 15 is 0 Å². The van der Waals surface area contributed by atoms with Crippen molar-refractivity contribution in [3.63, 3.8) is 0 Å². The molecule has 2 amide bonds. The number of nitrogens with zero attached hydrogens (tertiary/aromatic N) is 7. The van der Waals surface area contributed by atoms with Crippen LogP contribution in [0.4, 0.5) is 22.0 Å². The number of imidazole rings is 1. The van der Waals surface area contributed by atoms with Gasteiger partial charge in [-0.3, -0.25) is 19.2 Å². The Bertz CT molecular complexity index is 1650. The average Bonchev–Trinajstić information content (AvgIpc) is 3.46. The second-order valence-electron chi connectivity index (χ2n) is 13.9. The molecule has 2 aliphatic heterocycles. The van der Waals surface area contributed by atoms with Crippen LogP contribution in [0.5, 0.6) is 0 Å². The Morgan fingerprint density at radius 2 is 1.87 bits per heavy atom. The van der Waals surface area contributed by atoms with Crippen molar-refractivity contribution < 1.29 is 31.5 Å². The fraction of sp³-hybridized carbons (Fsp3) is 0.677. The van der Waals surface area contributed by atoms with Gasteiger partial charge >= 0.3 is 6.18 Å². The zero-order valence-corrected chi connectivity index (χ0v) is 26.1. The Morgan fingerprint density at radius 1 is 1.13 bits per heavy atom. The predicted molar refractivity (Wildman–Crippen MR) is 157 cm³/mol. The van der Waals surface area contributed by atoms with Crippen molar-refractivity contribution in [2.75, 3.05) is 19.6 Å². The number of hydrogen-bond acceptors (Lipinski definition) is 7. The topological polar surface area (TPSA) is 122 Å². The minimum atomic E-state index is -4.43. The first kappa shape index (κ1) is 31.9. The quantitative estimate of drug-likeness (QED) is 0.331. The third kappa shape index (κ3) is 6.57. The molecule has 3 aromatic heterocycles. The number of hydrogen-bond donors (Lipinski definition) is 2. The predicted octanol–water partition coefficient (Wildman–Crippen LogP) is 4.09. The lowest BCUT2D eigenvalue weighted by Crippen LogP contribution is -2.48. The lowest BCUT2D eigenvalue weighted by Gasteiger charge is -2.40. The molecule has 3 aromatic rings. The molecule has 0 radical (unpaired) electrons. The summed E-state index contributed by atoms with van der Waals surface area (Å²) in [6.07, 6.45) is 0.369. The molecule has 4 aliphatic rings. The average molecular weight is 664 g/mol. The van der Waals surface area contributed by atoms with Crippen molar-refractivity contribution in [3.05, 3.63) is 41.2 Å². The standard InChI is InChI=1S/C31H38F5N9O2/c1-2-44-24(5-10-38-44)27(47)41-25(18-3-6-30(32,33)7-4-18)23-15-45-28(40-23)39-22(14-43-16-29(17-43)8-9-29)21(42-45)12-19-11-20(31(34,35)36)13-37-26(19)46/h5,10,15,18-20,25H,2-4,6-9,11-14,16-17H2,1H3,(H,37,46)(H,41,47)/t19-,20-,25+/m1/s1. The first-order valence-electron chi connectivity index (χ1n) is 16.3. The number of carbonyl (C=O) groups excluding carboxylic acids is 2. The highest BCUT2D eigenvalue weighted by Gasteiger charge is 2.52. The number of nitrogens with one attached hydrogen (secondary N) is 2. The number of likely N-dealkylation sites (tertiary alicyclic amines) is 1. The first-order chi connectivity index (χ1) is 22.3. The van der Waals surface area contributed by atoms with E-state index in [9.17, 15) is 31.5 Å². The molecule has 7 rings (SSSR count). The third-order valence-corrected chi connectivity index (χ3v) is 10.4. The molecule has 2 saturated heterocycles. The van der Waals surface area contributed by atoms with E-state index in [1.54, 1.807) is 16.9 Å². The fourth-order valence-corrected chi connectivity index (χ4v) is 7.44. The largest absolute Gasteiger partial charge is 0.393 e. The number of aryl methyl sites for hydroxylation is 1. The van der Waals surface area contributed by atoms with Crippen LogP contribution in [-0.2, 0) is 24.3 Å². The molecular formula is C31H38F5N9O2. The van der Waals surface area contributed by atoms with Crippen LogP contribution in [0.2, 0.25) is 0 Å². The summed E-state index contributed by atoms with van der Waals surface area (Å²) in [5.41, 5.74) is 2.03.